The van der Waals surface area contributed by atoms with E-state index in [1.807, 2.05) is 12.3 Å². The largest absolute Gasteiger partial charge is 0.396 e. The SMILES string of the molecule is CN1CCN(c2ccc3ncc(/C(=C/NC4CC(CO)C4)C(=N)C4CC4)nc3c2)C1. The number of aliphatic hydroxyl groups is 1. The lowest BCUT2D eigenvalue weighted by molar-refractivity contribution is 0.133. The summed E-state index contributed by atoms with van der Waals surface area (Å²) in [5, 5.41) is 21.4. The topological polar surface area (TPSA) is 88.4 Å². The van der Waals surface area contributed by atoms with Crippen molar-refractivity contribution in [2.24, 2.45) is 11.8 Å². The smallest absolute Gasteiger partial charge is 0.0925 e. The van der Waals surface area contributed by atoms with Crippen LogP contribution < -0.4 is 10.2 Å². The van der Waals surface area contributed by atoms with Gasteiger partial charge in [0.05, 0.1) is 29.6 Å². The summed E-state index contributed by atoms with van der Waals surface area (Å²) in [6, 6.07) is 6.65. The van der Waals surface area contributed by atoms with Crippen molar-refractivity contribution in [3.05, 3.63) is 36.3 Å². The molecule has 7 nitrogen and oxygen atoms in total. The number of aliphatic hydroxyl groups excluding tert-OH is 1. The predicted molar refractivity (Wildman–Crippen MR) is 120 cm³/mol. The Hall–Kier alpha value is -2.51. The molecule has 0 atom stereocenters. The van der Waals surface area contributed by atoms with E-state index in [1.165, 1.54) is 5.69 Å². The third-order valence-corrected chi connectivity index (χ3v) is 6.56. The molecule has 3 N–H and O–H groups in total. The van der Waals surface area contributed by atoms with Crippen LogP contribution in [0.25, 0.3) is 16.6 Å². The first-order chi connectivity index (χ1) is 14.6. The zero-order valence-electron chi connectivity index (χ0n) is 17.5. The van der Waals surface area contributed by atoms with Crippen molar-refractivity contribution in [3.63, 3.8) is 0 Å². The highest BCUT2D eigenvalue weighted by Gasteiger charge is 2.31. The highest BCUT2D eigenvalue weighted by Crippen LogP contribution is 2.35. The van der Waals surface area contributed by atoms with Gasteiger partial charge in [0.25, 0.3) is 0 Å². The predicted octanol–water partition coefficient (Wildman–Crippen LogP) is 2.47. The van der Waals surface area contributed by atoms with E-state index < -0.39 is 0 Å². The molecule has 7 heteroatoms. The second-order valence-electron chi connectivity index (χ2n) is 9.04. The number of nitrogens with zero attached hydrogens (tertiary/aromatic N) is 4. The van der Waals surface area contributed by atoms with Gasteiger partial charge in [0.1, 0.15) is 0 Å². The number of fused-ring (bicyclic) bond motifs is 1. The molecule has 2 aliphatic carbocycles. The molecule has 3 aliphatic rings. The number of hydrogen-bond acceptors (Lipinski definition) is 7. The molecule has 1 aromatic carbocycles. The number of hydrogen-bond donors (Lipinski definition) is 3. The average Bonchev–Trinajstić information content (AvgIpc) is 3.49. The van der Waals surface area contributed by atoms with E-state index in [0.29, 0.717) is 23.6 Å². The second-order valence-corrected chi connectivity index (χ2v) is 9.04. The highest BCUT2D eigenvalue weighted by molar-refractivity contribution is 6.23. The fourth-order valence-electron chi connectivity index (χ4n) is 4.36. The maximum atomic E-state index is 9.24. The lowest BCUT2D eigenvalue weighted by Gasteiger charge is -2.34. The maximum Gasteiger partial charge on any atom is 0.0925 e. The standard InChI is InChI=1S/C23H30N6O/c1-28-6-7-29(14-28)18-4-5-20-21(10-18)27-22(12-26-20)19(23(24)16-2-3-16)11-25-17-8-15(9-17)13-30/h4-5,10-12,15-17,24-25,30H,2-3,6-9,13-14H2,1H3/b19-11-,24-23?. The monoisotopic (exact) mass is 406 g/mol. The molecular formula is C23H30N6O. The number of anilines is 1. The summed E-state index contributed by atoms with van der Waals surface area (Å²) in [4.78, 5) is 14.2. The fraction of sp³-hybridized carbons (Fsp3) is 0.522. The van der Waals surface area contributed by atoms with Crippen LogP contribution in [0.3, 0.4) is 0 Å². The summed E-state index contributed by atoms with van der Waals surface area (Å²) < 4.78 is 0. The molecule has 158 valence electrons. The summed E-state index contributed by atoms with van der Waals surface area (Å²) >= 11 is 0. The lowest BCUT2D eigenvalue weighted by Crippen LogP contribution is -2.40. The molecule has 0 radical (unpaired) electrons. The minimum Gasteiger partial charge on any atom is -0.396 e. The molecule has 5 rings (SSSR count). The van der Waals surface area contributed by atoms with Crippen LogP contribution in [-0.2, 0) is 0 Å². The Morgan fingerprint density at radius 2 is 2.10 bits per heavy atom. The minimum absolute atomic E-state index is 0.262. The third kappa shape index (κ3) is 3.91. The number of likely N-dealkylation sites (N-methyl/N-ethyl adjacent to an activating group) is 1. The van der Waals surface area contributed by atoms with Crippen molar-refractivity contribution in [1.29, 1.82) is 5.41 Å². The van der Waals surface area contributed by atoms with Gasteiger partial charge in [-0.1, -0.05) is 0 Å². The first-order valence-corrected chi connectivity index (χ1v) is 11.0. The van der Waals surface area contributed by atoms with Crippen LogP contribution >= 0.6 is 0 Å². The zero-order valence-corrected chi connectivity index (χ0v) is 17.5. The van der Waals surface area contributed by atoms with E-state index in [9.17, 15) is 5.11 Å². The van der Waals surface area contributed by atoms with Crippen LogP contribution in [-0.4, -0.2) is 65.1 Å². The summed E-state index contributed by atoms with van der Waals surface area (Å²) in [6.07, 6.45) is 7.89. The summed E-state index contributed by atoms with van der Waals surface area (Å²) in [5.41, 5.74) is 5.20. The molecule has 0 bridgehead atoms. The Labute approximate surface area is 177 Å². The van der Waals surface area contributed by atoms with Crippen molar-refractivity contribution in [2.75, 3.05) is 38.3 Å². The minimum atomic E-state index is 0.262. The van der Waals surface area contributed by atoms with Gasteiger partial charge < -0.3 is 20.7 Å². The number of benzene rings is 1. The number of allylic oxidation sites excluding steroid dienone is 1. The molecule has 0 spiro atoms. The Kier molecular flexibility index (Phi) is 5.16. The van der Waals surface area contributed by atoms with Crippen molar-refractivity contribution in [1.82, 2.24) is 20.2 Å². The first-order valence-electron chi connectivity index (χ1n) is 11.0. The van der Waals surface area contributed by atoms with Gasteiger partial charge in [-0.3, -0.25) is 9.88 Å². The number of nitrogens with one attached hydrogen (secondary N) is 2. The normalized spacial score (nSPS) is 24.9. The molecule has 2 aromatic rings. The van der Waals surface area contributed by atoms with Gasteiger partial charge in [-0.2, -0.15) is 0 Å². The van der Waals surface area contributed by atoms with Crippen LogP contribution in [0, 0.1) is 17.2 Å². The molecule has 2 heterocycles. The van der Waals surface area contributed by atoms with Gasteiger partial charge in [-0.25, -0.2) is 4.98 Å². The molecule has 3 fully saturated rings. The van der Waals surface area contributed by atoms with Gasteiger partial charge in [0.2, 0.25) is 0 Å². The zero-order chi connectivity index (χ0) is 20.7. The second kappa shape index (κ2) is 7.96. The van der Waals surface area contributed by atoms with Gasteiger partial charge in [0, 0.05) is 54.8 Å². The Balaban J connectivity index is 1.42. The van der Waals surface area contributed by atoms with E-state index in [1.54, 1.807) is 6.20 Å². The van der Waals surface area contributed by atoms with Crippen LogP contribution in [0.5, 0.6) is 0 Å². The highest BCUT2D eigenvalue weighted by atomic mass is 16.3. The fourth-order valence-corrected chi connectivity index (χ4v) is 4.36. The molecule has 1 saturated heterocycles. The quantitative estimate of drug-likeness (QED) is 0.612. The number of aromatic nitrogens is 2. The van der Waals surface area contributed by atoms with Gasteiger partial charge >= 0.3 is 0 Å². The van der Waals surface area contributed by atoms with Gasteiger partial charge in [-0.15, -0.1) is 0 Å². The van der Waals surface area contributed by atoms with E-state index >= 15 is 0 Å². The average molecular weight is 407 g/mol. The van der Waals surface area contributed by atoms with Crippen LogP contribution in [0.2, 0.25) is 0 Å². The van der Waals surface area contributed by atoms with E-state index in [0.717, 1.165) is 67.7 Å². The van der Waals surface area contributed by atoms with Crippen LogP contribution in [0.4, 0.5) is 5.69 Å². The molecule has 2 saturated carbocycles. The maximum absolute atomic E-state index is 9.24. The van der Waals surface area contributed by atoms with Gasteiger partial charge in [0.15, 0.2) is 0 Å². The summed E-state index contributed by atoms with van der Waals surface area (Å²) in [5.74, 6) is 0.749. The summed E-state index contributed by atoms with van der Waals surface area (Å²) in [7, 11) is 2.14. The van der Waals surface area contributed by atoms with Crippen LogP contribution in [0.1, 0.15) is 31.4 Å². The van der Waals surface area contributed by atoms with Crippen molar-refractivity contribution in [2.45, 2.75) is 31.7 Å². The third-order valence-electron chi connectivity index (χ3n) is 6.56. The van der Waals surface area contributed by atoms with Crippen molar-refractivity contribution < 1.29 is 5.11 Å². The van der Waals surface area contributed by atoms with E-state index in [4.69, 9.17) is 10.4 Å². The van der Waals surface area contributed by atoms with Gasteiger partial charge in [-0.05, 0) is 56.8 Å². The van der Waals surface area contributed by atoms with Crippen molar-refractivity contribution >= 4 is 28.0 Å². The molecule has 1 aliphatic heterocycles. The van der Waals surface area contributed by atoms with Crippen molar-refractivity contribution in [3.8, 4) is 0 Å². The molecule has 30 heavy (non-hydrogen) atoms. The Morgan fingerprint density at radius 1 is 1.27 bits per heavy atom. The molecular weight excluding hydrogens is 376 g/mol. The molecule has 0 amide bonds. The van der Waals surface area contributed by atoms with E-state index in [2.05, 4.69) is 39.3 Å². The Morgan fingerprint density at radius 3 is 2.80 bits per heavy atom. The Bertz CT molecular complexity index is 979. The van der Waals surface area contributed by atoms with E-state index in [-0.39, 0.29) is 6.61 Å². The first kappa shape index (κ1) is 19.5. The molecule has 1 aromatic heterocycles. The molecule has 0 unspecified atom stereocenters. The van der Waals surface area contributed by atoms with Crippen LogP contribution in [0.15, 0.2) is 30.6 Å². The summed E-state index contributed by atoms with van der Waals surface area (Å²) in [6.45, 7) is 3.28. The number of rotatable bonds is 7. The lowest BCUT2D eigenvalue weighted by atomic mass is 9.81.